The van der Waals surface area contributed by atoms with Crippen molar-refractivity contribution in [1.29, 1.82) is 5.26 Å². The van der Waals surface area contributed by atoms with Gasteiger partial charge in [0, 0.05) is 11.4 Å². The van der Waals surface area contributed by atoms with Gasteiger partial charge in [-0.15, -0.1) is 17.9 Å². The largest absolute Gasteiger partial charge is 0.337 e. The lowest BCUT2D eigenvalue weighted by atomic mass is 9.90. The minimum atomic E-state index is -0.929. The molecule has 1 aliphatic rings. The molecule has 1 aliphatic carbocycles. The first-order valence-corrected chi connectivity index (χ1v) is 12.1. The van der Waals surface area contributed by atoms with Gasteiger partial charge in [0.1, 0.15) is 10.4 Å². The summed E-state index contributed by atoms with van der Waals surface area (Å²) in [5, 5.41) is 13.5. The number of carbonyl (C=O) groups is 1. The summed E-state index contributed by atoms with van der Waals surface area (Å²) in [6, 6.07) is 2.18. The number of nitrogens with zero attached hydrogens (tertiary/aromatic N) is 3. The van der Waals surface area contributed by atoms with Crippen molar-refractivity contribution >= 4 is 39.2 Å². The fourth-order valence-corrected chi connectivity index (χ4v) is 5.67. The van der Waals surface area contributed by atoms with Gasteiger partial charge < -0.3 is 5.32 Å². The number of hydrogen-bond acceptors (Lipinski definition) is 6. The van der Waals surface area contributed by atoms with Crippen LogP contribution in [0.1, 0.15) is 50.5 Å². The summed E-state index contributed by atoms with van der Waals surface area (Å²) < 4.78 is 1.61. The lowest BCUT2D eigenvalue weighted by Gasteiger charge is -2.27. The molecule has 0 aliphatic heterocycles. The van der Waals surface area contributed by atoms with E-state index in [-0.39, 0.29) is 23.1 Å². The second-order valence-corrected chi connectivity index (χ2v) is 10.2. The van der Waals surface area contributed by atoms with E-state index in [1.807, 2.05) is 13.8 Å². The maximum Gasteiger partial charge on any atom is 0.263 e. The van der Waals surface area contributed by atoms with Crippen LogP contribution in [0.2, 0.25) is 0 Å². The number of fused-ring (bicyclic) bond motifs is 3. The number of hydrogen-bond donors (Lipinski definition) is 1. The maximum absolute atomic E-state index is 13.3. The van der Waals surface area contributed by atoms with Crippen LogP contribution >= 0.6 is 23.1 Å². The minimum absolute atomic E-state index is 0.0219. The molecule has 1 amide bonds. The van der Waals surface area contributed by atoms with Crippen molar-refractivity contribution in [3.05, 3.63) is 33.4 Å². The van der Waals surface area contributed by atoms with Gasteiger partial charge in [-0.2, -0.15) is 5.26 Å². The number of carbonyl (C=O) groups excluding carboxylic acids is 1. The monoisotopic (exact) mass is 444 g/mol. The molecule has 0 aromatic carbocycles. The van der Waals surface area contributed by atoms with Crippen molar-refractivity contribution < 1.29 is 4.79 Å². The molecule has 0 fully saturated rings. The van der Waals surface area contributed by atoms with Crippen LogP contribution in [-0.4, -0.2) is 26.8 Å². The molecule has 2 aromatic rings. The Balaban J connectivity index is 1.91. The van der Waals surface area contributed by atoms with E-state index in [0.717, 1.165) is 35.9 Å². The van der Waals surface area contributed by atoms with Gasteiger partial charge >= 0.3 is 0 Å². The summed E-state index contributed by atoms with van der Waals surface area (Å²) in [6.07, 6.45) is 7.05. The first-order chi connectivity index (χ1) is 14.3. The Bertz CT molecular complexity index is 1060. The lowest BCUT2D eigenvalue weighted by molar-refractivity contribution is -0.120. The van der Waals surface area contributed by atoms with Crippen LogP contribution in [0.5, 0.6) is 0 Å². The van der Waals surface area contributed by atoms with Crippen LogP contribution in [0.3, 0.4) is 0 Å². The van der Waals surface area contributed by atoms with Gasteiger partial charge in [-0.3, -0.25) is 14.2 Å². The Hall–Kier alpha value is -2.11. The van der Waals surface area contributed by atoms with E-state index in [2.05, 4.69) is 18.0 Å². The van der Waals surface area contributed by atoms with Crippen molar-refractivity contribution in [2.75, 3.05) is 5.75 Å². The zero-order chi connectivity index (χ0) is 21.9. The summed E-state index contributed by atoms with van der Waals surface area (Å²) in [7, 11) is 0. The van der Waals surface area contributed by atoms with E-state index in [9.17, 15) is 14.9 Å². The number of amides is 1. The van der Waals surface area contributed by atoms with Crippen LogP contribution in [0.25, 0.3) is 10.2 Å². The Morgan fingerprint density at radius 1 is 1.43 bits per heavy atom. The number of rotatable bonds is 7. The zero-order valence-electron chi connectivity index (χ0n) is 17.8. The molecule has 3 rings (SSSR count). The zero-order valence-corrected chi connectivity index (χ0v) is 19.4. The van der Waals surface area contributed by atoms with Gasteiger partial charge in [0.15, 0.2) is 5.16 Å². The van der Waals surface area contributed by atoms with Crippen molar-refractivity contribution in [2.24, 2.45) is 5.92 Å². The molecule has 1 atom stereocenters. The molecule has 0 saturated carbocycles. The molecular weight excluding hydrogens is 416 g/mol. The van der Waals surface area contributed by atoms with Crippen molar-refractivity contribution in [3.63, 3.8) is 0 Å². The number of aryl methyl sites for hydroxylation is 2. The summed E-state index contributed by atoms with van der Waals surface area (Å²) in [4.78, 5) is 32.6. The molecule has 160 valence electrons. The Kier molecular flexibility index (Phi) is 7.04. The first kappa shape index (κ1) is 22.6. The average Bonchev–Trinajstić information content (AvgIpc) is 2.89. The highest BCUT2D eigenvalue weighted by molar-refractivity contribution is 7.99. The van der Waals surface area contributed by atoms with Crippen LogP contribution in [-0.2, 0) is 24.2 Å². The maximum atomic E-state index is 13.3. The van der Waals surface area contributed by atoms with Crippen LogP contribution < -0.4 is 10.9 Å². The molecule has 8 heteroatoms. The molecule has 0 unspecified atom stereocenters. The van der Waals surface area contributed by atoms with Gasteiger partial charge in [0.25, 0.3) is 5.56 Å². The highest BCUT2D eigenvalue weighted by atomic mass is 32.2. The van der Waals surface area contributed by atoms with Crippen molar-refractivity contribution in [2.45, 2.75) is 70.1 Å². The van der Waals surface area contributed by atoms with E-state index in [0.29, 0.717) is 11.7 Å². The van der Waals surface area contributed by atoms with Crippen LogP contribution in [0.4, 0.5) is 0 Å². The highest BCUT2D eigenvalue weighted by Crippen LogP contribution is 2.34. The fraction of sp³-hybridized carbons (Fsp3) is 0.545. The standard InChI is InChI=1S/C22H28N4O2S2/c1-5-11-26-20(28)18-15-9-7-6-8-10-16(15)30-19(18)24-21(26)29-12-17(27)25-22(4,13-23)14(2)3/h5,14H,1,6-12H2,2-4H3,(H,25,27)/t22-/m1/s1. The summed E-state index contributed by atoms with van der Waals surface area (Å²) in [5.74, 6) is -0.185. The average molecular weight is 445 g/mol. The smallest absolute Gasteiger partial charge is 0.263 e. The number of thiophene rings is 1. The lowest BCUT2D eigenvalue weighted by Crippen LogP contribution is -2.49. The highest BCUT2D eigenvalue weighted by Gasteiger charge is 2.30. The van der Waals surface area contributed by atoms with Gasteiger partial charge in [-0.25, -0.2) is 4.98 Å². The van der Waals surface area contributed by atoms with E-state index in [4.69, 9.17) is 4.98 Å². The van der Waals surface area contributed by atoms with Crippen LogP contribution in [0.15, 0.2) is 22.6 Å². The number of aromatic nitrogens is 2. The SMILES string of the molecule is C=CCn1c(SCC(=O)N[C@](C)(C#N)C(C)C)nc2sc3c(c2c1=O)CCCCC3. The number of thioether (sulfide) groups is 1. The quantitative estimate of drug-likeness (QED) is 0.301. The predicted molar refractivity (Wildman–Crippen MR) is 123 cm³/mol. The Morgan fingerprint density at radius 2 is 2.17 bits per heavy atom. The molecule has 0 saturated heterocycles. The van der Waals surface area contributed by atoms with Crippen LogP contribution in [0, 0.1) is 17.2 Å². The third-order valence-electron chi connectivity index (χ3n) is 5.72. The molecule has 2 heterocycles. The molecule has 30 heavy (non-hydrogen) atoms. The molecule has 0 radical (unpaired) electrons. The van der Waals surface area contributed by atoms with Gasteiger partial charge in [-0.05, 0) is 44.1 Å². The Morgan fingerprint density at radius 3 is 2.83 bits per heavy atom. The van der Waals surface area contributed by atoms with E-state index in [1.54, 1.807) is 28.9 Å². The Labute approximate surface area is 185 Å². The minimum Gasteiger partial charge on any atom is -0.337 e. The number of nitrogens with one attached hydrogen (secondary N) is 1. The molecule has 6 nitrogen and oxygen atoms in total. The van der Waals surface area contributed by atoms with Gasteiger partial charge in [-0.1, -0.05) is 38.1 Å². The van der Waals surface area contributed by atoms with Gasteiger partial charge in [0.2, 0.25) is 5.91 Å². The molecule has 2 aromatic heterocycles. The van der Waals surface area contributed by atoms with Crippen molar-refractivity contribution in [3.8, 4) is 6.07 Å². The number of nitriles is 1. The fourth-order valence-electron chi connectivity index (χ4n) is 3.55. The third kappa shape index (κ3) is 4.47. The van der Waals surface area contributed by atoms with Crippen molar-refractivity contribution in [1.82, 2.24) is 14.9 Å². The topological polar surface area (TPSA) is 87.8 Å². The second-order valence-electron chi connectivity index (χ2n) is 8.15. The molecular formula is C22H28N4O2S2. The van der Waals surface area contributed by atoms with E-state index >= 15 is 0 Å². The normalized spacial score (nSPS) is 15.8. The summed E-state index contributed by atoms with van der Waals surface area (Å²) in [5.41, 5.74) is 0.186. The third-order valence-corrected chi connectivity index (χ3v) is 7.88. The predicted octanol–water partition coefficient (Wildman–Crippen LogP) is 4.06. The number of allylic oxidation sites excluding steroid dienone is 1. The second kappa shape index (κ2) is 9.36. The molecule has 0 bridgehead atoms. The molecule has 0 spiro atoms. The summed E-state index contributed by atoms with van der Waals surface area (Å²) in [6.45, 7) is 9.63. The first-order valence-electron chi connectivity index (χ1n) is 10.3. The van der Waals surface area contributed by atoms with E-state index in [1.165, 1.54) is 28.6 Å². The van der Waals surface area contributed by atoms with E-state index < -0.39 is 5.54 Å². The summed E-state index contributed by atoms with van der Waals surface area (Å²) >= 11 is 2.84. The van der Waals surface area contributed by atoms with Gasteiger partial charge in [0.05, 0.1) is 17.2 Å². The molecule has 1 N–H and O–H groups in total.